The molecule has 1 N–H and O–H groups in total. The molecule has 0 aromatic carbocycles. The van der Waals surface area contributed by atoms with Gasteiger partial charge in [-0.1, -0.05) is 6.07 Å². The molecule has 0 amide bonds. The van der Waals surface area contributed by atoms with E-state index in [1.807, 2.05) is 13.0 Å². The van der Waals surface area contributed by atoms with E-state index < -0.39 is 5.97 Å². The Kier molecular flexibility index (Phi) is 3.18. The topological polar surface area (TPSA) is 85.2 Å². The Bertz CT molecular complexity index is 599. The lowest BCUT2D eigenvalue weighted by atomic mass is 10.2. The van der Waals surface area contributed by atoms with E-state index >= 15 is 0 Å². The Morgan fingerprint density at radius 1 is 1.28 bits per heavy atom. The standard InChI is InChI=1S/C12H11N3O3/c1-7-4-3-5-10(14-7)18-12-13-6-9(11(16)17)8(2)15-12/h3-6H,1-2H3,(H,16,17). The van der Waals surface area contributed by atoms with E-state index in [-0.39, 0.29) is 11.6 Å². The van der Waals surface area contributed by atoms with Crippen LogP contribution in [0, 0.1) is 13.8 Å². The molecule has 0 fully saturated rings. The van der Waals surface area contributed by atoms with Crippen molar-refractivity contribution >= 4 is 5.97 Å². The highest BCUT2D eigenvalue weighted by Crippen LogP contribution is 2.16. The molecule has 2 heterocycles. The average molecular weight is 245 g/mol. The third-order valence-electron chi connectivity index (χ3n) is 2.25. The number of nitrogens with zero attached hydrogens (tertiary/aromatic N) is 3. The molecule has 2 aromatic heterocycles. The number of aromatic carboxylic acids is 1. The van der Waals surface area contributed by atoms with Gasteiger partial charge in [0.05, 0.1) is 11.3 Å². The van der Waals surface area contributed by atoms with Crippen molar-refractivity contribution in [2.75, 3.05) is 0 Å². The highest BCUT2D eigenvalue weighted by molar-refractivity contribution is 5.88. The molecule has 0 unspecified atom stereocenters. The maximum absolute atomic E-state index is 10.8. The summed E-state index contributed by atoms with van der Waals surface area (Å²) in [6.07, 6.45) is 1.22. The maximum Gasteiger partial charge on any atom is 0.339 e. The van der Waals surface area contributed by atoms with Crippen LogP contribution in [0.1, 0.15) is 21.7 Å². The van der Waals surface area contributed by atoms with Gasteiger partial charge in [0, 0.05) is 18.0 Å². The molecule has 0 aliphatic carbocycles. The molecule has 0 saturated carbocycles. The van der Waals surface area contributed by atoms with Gasteiger partial charge in [0.25, 0.3) is 0 Å². The largest absolute Gasteiger partial charge is 0.478 e. The molecular weight excluding hydrogens is 234 g/mol. The monoisotopic (exact) mass is 245 g/mol. The molecule has 6 heteroatoms. The molecule has 0 spiro atoms. The summed E-state index contributed by atoms with van der Waals surface area (Å²) in [5, 5.41) is 8.85. The van der Waals surface area contributed by atoms with Crippen LogP contribution in [-0.2, 0) is 0 Å². The number of aromatic nitrogens is 3. The summed E-state index contributed by atoms with van der Waals surface area (Å²) in [6, 6.07) is 5.40. The van der Waals surface area contributed by atoms with Crippen molar-refractivity contribution in [2.45, 2.75) is 13.8 Å². The van der Waals surface area contributed by atoms with Gasteiger partial charge in [0.1, 0.15) is 0 Å². The van der Waals surface area contributed by atoms with E-state index in [2.05, 4.69) is 15.0 Å². The lowest BCUT2D eigenvalue weighted by molar-refractivity contribution is 0.0695. The van der Waals surface area contributed by atoms with Gasteiger partial charge in [-0.3, -0.25) is 0 Å². The molecule has 6 nitrogen and oxygen atoms in total. The first-order chi connectivity index (χ1) is 8.56. The predicted octanol–water partition coefficient (Wildman–Crippen LogP) is 1.98. The van der Waals surface area contributed by atoms with E-state index in [1.54, 1.807) is 19.1 Å². The number of carboxylic acids is 1. The second kappa shape index (κ2) is 4.79. The van der Waals surface area contributed by atoms with Gasteiger partial charge in [0.2, 0.25) is 5.88 Å². The SMILES string of the molecule is Cc1cccc(Oc2ncc(C(=O)O)c(C)n2)n1. The Morgan fingerprint density at radius 3 is 2.67 bits per heavy atom. The van der Waals surface area contributed by atoms with Gasteiger partial charge < -0.3 is 9.84 Å². The Balaban J connectivity index is 2.25. The molecule has 2 aromatic rings. The molecule has 2 rings (SSSR count). The summed E-state index contributed by atoms with van der Waals surface area (Å²) in [6.45, 7) is 3.42. The quantitative estimate of drug-likeness (QED) is 0.889. The highest BCUT2D eigenvalue weighted by Gasteiger charge is 2.11. The first-order valence-corrected chi connectivity index (χ1v) is 5.24. The third-order valence-corrected chi connectivity index (χ3v) is 2.25. The van der Waals surface area contributed by atoms with Crippen LogP contribution in [-0.4, -0.2) is 26.0 Å². The minimum atomic E-state index is -1.06. The average Bonchev–Trinajstić information content (AvgIpc) is 2.28. The number of carboxylic acid groups (broad SMARTS) is 1. The number of hydrogen-bond acceptors (Lipinski definition) is 5. The van der Waals surface area contributed by atoms with Crippen LogP contribution in [0.5, 0.6) is 11.9 Å². The molecule has 0 saturated heterocycles. The molecule has 0 aliphatic rings. The second-order valence-corrected chi connectivity index (χ2v) is 3.68. The number of pyridine rings is 1. The van der Waals surface area contributed by atoms with Crippen LogP contribution in [0.2, 0.25) is 0 Å². The molecule has 0 aliphatic heterocycles. The maximum atomic E-state index is 10.8. The third kappa shape index (κ3) is 2.60. The summed E-state index contributed by atoms with van der Waals surface area (Å²) in [5.74, 6) is -0.690. The number of carbonyl (C=O) groups is 1. The van der Waals surface area contributed by atoms with Crippen molar-refractivity contribution in [2.24, 2.45) is 0 Å². The minimum Gasteiger partial charge on any atom is -0.478 e. The Labute approximate surface area is 103 Å². The fourth-order valence-electron chi connectivity index (χ4n) is 1.37. The van der Waals surface area contributed by atoms with Gasteiger partial charge in [-0.2, -0.15) is 4.98 Å². The second-order valence-electron chi connectivity index (χ2n) is 3.68. The lowest BCUT2D eigenvalue weighted by Crippen LogP contribution is -2.04. The molecule has 92 valence electrons. The van der Waals surface area contributed by atoms with Gasteiger partial charge in [-0.05, 0) is 19.9 Å². The van der Waals surface area contributed by atoms with E-state index in [1.165, 1.54) is 6.20 Å². The first kappa shape index (κ1) is 12.0. The van der Waals surface area contributed by atoms with Crippen LogP contribution in [0.25, 0.3) is 0 Å². The zero-order valence-electron chi connectivity index (χ0n) is 9.91. The predicted molar refractivity (Wildman–Crippen MR) is 62.8 cm³/mol. The molecular formula is C12H11N3O3. The lowest BCUT2D eigenvalue weighted by Gasteiger charge is -2.05. The van der Waals surface area contributed by atoms with E-state index in [0.717, 1.165) is 5.69 Å². The van der Waals surface area contributed by atoms with Crippen LogP contribution < -0.4 is 4.74 Å². The highest BCUT2D eigenvalue weighted by atomic mass is 16.5. The smallest absolute Gasteiger partial charge is 0.339 e. The van der Waals surface area contributed by atoms with Crippen LogP contribution in [0.4, 0.5) is 0 Å². The van der Waals surface area contributed by atoms with Crippen LogP contribution >= 0.6 is 0 Å². The Morgan fingerprint density at radius 2 is 2.06 bits per heavy atom. The molecule has 0 bridgehead atoms. The van der Waals surface area contributed by atoms with Gasteiger partial charge in [-0.15, -0.1) is 0 Å². The molecule has 0 atom stereocenters. The van der Waals surface area contributed by atoms with E-state index in [0.29, 0.717) is 11.6 Å². The molecule has 18 heavy (non-hydrogen) atoms. The van der Waals surface area contributed by atoms with Crippen molar-refractivity contribution in [3.63, 3.8) is 0 Å². The van der Waals surface area contributed by atoms with Gasteiger partial charge >= 0.3 is 12.0 Å². The van der Waals surface area contributed by atoms with Crippen molar-refractivity contribution in [1.29, 1.82) is 0 Å². The number of aryl methyl sites for hydroxylation is 2. The van der Waals surface area contributed by atoms with Crippen molar-refractivity contribution in [1.82, 2.24) is 15.0 Å². The summed E-state index contributed by atoms with van der Waals surface area (Å²) in [5.41, 5.74) is 1.21. The van der Waals surface area contributed by atoms with Crippen molar-refractivity contribution in [3.05, 3.63) is 41.3 Å². The zero-order valence-corrected chi connectivity index (χ0v) is 9.91. The summed E-state index contributed by atoms with van der Waals surface area (Å²) in [4.78, 5) is 22.7. The number of ether oxygens (including phenoxy) is 1. The van der Waals surface area contributed by atoms with Gasteiger partial charge in [-0.25, -0.2) is 14.8 Å². The number of rotatable bonds is 3. The zero-order chi connectivity index (χ0) is 13.1. The fourth-order valence-corrected chi connectivity index (χ4v) is 1.37. The minimum absolute atomic E-state index is 0.0551. The first-order valence-electron chi connectivity index (χ1n) is 5.24. The summed E-state index contributed by atoms with van der Waals surface area (Å²) >= 11 is 0. The Hall–Kier alpha value is -2.50. The van der Waals surface area contributed by atoms with E-state index in [4.69, 9.17) is 9.84 Å². The summed E-state index contributed by atoms with van der Waals surface area (Å²) in [7, 11) is 0. The van der Waals surface area contributed by atoms with E-state index in [9.17, 15) is 4.79 Å². The van der Waals surface area contributed by atoms with Crippen molar-refractivity contribution in [3.8, 4) is 11.9 Å². The van der Waals surface area contributed by atoms with Crippen LogP contribution in [0.15, 0.2) is 24.4 Å². The van der Waals surface area contributed by atoms with Crippen molar-refractivity contribution < 1.29 is 14.6 Å². The van der Waals surface area contributed by atoms with Gasteiger partial charge in [0.15, 0.2) is 0 Å². The fraction of sp³-hybridized carbons (Fsp3) is 0.167. The van der Waals surface area contributed by atoms with Crippen LogP contribution in [0.3, 0.4) is 0 Å². The number of hydrogen-bond donors (Lipinski definition) is 1. The molecule has 0 radical (unpaired) electrons. The normalized spacial score (nSPS) is 10.1. The summed E-state index contributed by atoms with van der Waals surface area (Å²) < 4.78 is 5.35.